The summed E-state index contributed by atoms with van der Waals surface area (Å²) in [4.78, 5) is 0. The van der Waals surface area contributed by atoms with E-state index in [4.69, 9.17) is 10.00 Å². The molecule has 0 saturated carbocycles. The molecule has 0 atom stereocenters. The van der Waals surface area contributed by atoms with Gasteiger partial charge in [-0.3, -0.25) is 0 Å². The minimum atomic E-state index is 0.563. The number of nitrogens with one attached hydrogen (secondary N) is 1. The number of hydrogen-bond acceptors (Lipinski definition) is 3. The van der Waals surface area contributed by atoms with Crippen molar-refractivity contribution in [2.45, 2.75) is 6.92 Å². The molecule has 2 rings (SSSR count). The summed E-state index contributed by atoms with van der Waals surface area (Å²) < 4.78 is 5.68. The maximum atomic E-state index is 8.83. The quantitative estimate of drug-likeness (QED) is 0.838. The summed E-state index contributed by atoms with van der Waals surface area (Å²) in [5.41, 5.74) is 3.08. The van der Waals surface area contributed by atoms with E-state index in [0.29, 0.717) is 17.1 Å². The molecule has 0 aromatic heterocycles. The van der Waals surface area contributed by atoms with Gasteiger partial charge in [0.2, 0.25) is 0 Å². The summed E-state index contributed by atoms with van der Waals surface area (Å²) in [5.74, 6) is 1.25. The van der Waals surface area contributed by atoms with Crippen LogP contribution in [0.3, 0.4) is 0 Å². The van der Waals surface area contributed by atoms with E-state index in [1.807, 2.05) is 13.0 Å². The Morgan fingerprint density at radius 3 is 2.88 bits per heavy atom. The van der Waals surface area contributed by atoms with E-state index >= 15 is 0 Å². The lowest BCUT2D eigenvalue weighted by Gasteiger charge is -2.23. The van der Waals surface area contributed by atoms with E-state index in [9.17, 15) is 0 Å². The van der Waals surface area contributed by atoms with Crippen molar-refractivity contribution in [2.75, 3.05) is 5.32 Å². The van der Waals surface area contributed by atoms with Crippen molar-refractivity contribution in [1.29, 1.82) is 5.26 Å². The van der Waals surface area contributed by atoms with E-state index in [0.717, 1.165) is 17.0 Å². The van der Waals surface area contributed by atoms with Gasteiger partial charge in [-0.15, -0.1) is 0 Å². The Morgan fingerprint density at radius 2 is 2.29 bits per heavy atom. The fourth-order valence-corrected chi connectivity index (χ4v) is 1.61. The molecule has 0 spiro atoms. The predicted molar refractivity (Wildman–Crippen MR) is 67.4 cm³/mol. The molecule has 0 amide bonds. The van der Waals surface area contributed by atoms with Crippen LogP contribution in [-0.4, -0.2) is 0 Å². The molecule has 0 unspecified atom stereocenters. The van der Waals surface area contributed by atoms with Gasteiger partial charge in [0.1, 0.15) is 0 Å². The van der Waals surface area contributed by atoms with Crippen LogP contribution >= 0.6 is 0 Å². The maximum absolute atomic E-state index is 8.83. The Labute approximate surface area is 100 Å². The van der Waals surface area contributed by atoms with Crippen LogP contribution in [-0.2, 0) is 0 Å². The van der Waals surface area contributed by atoms with Crippen molar-refractivity contribution in [3.8, 4) is 11.8 Å². The molecule has 0 bridgehead atoms. The number of nitriles is 1. The summed E-state index contributed by atoms with van der Waals surface area (Å²) in [5, 5.41) is 12.1. The number of fused-ring (bicyclic) bond motifs is 1. The van der Waals surface area contributed by atoms with Crippen LogP contribution in [0.15, 0.2) is 54.5 Å². The van der Waals surface area contributed by atoms with Crippen LogP contribution < -0.4 is 10.1 Å². The predicted octanol–water partition coefficient (Wildman–Crippen LogP) is 3.34. The van der Waals surface area contributed by atoms with Crippen molar-refractivity contribution < 1.29 is 4.74 Å². The number of allylic oxidation sites excluding steroid dienone is 2. The Balaban J connectivity index is 2.48. The number of rotatable bonds is 2. The third-order valence-electron chi connectivity index (χ3n) is 2.45. The average molecular weight is 224 g/mol. The first-order valence-electron chi connectivity index (χ1n) is 5.17. The van der Waals surface area contributed by atoms with E-state index < -0.39 is 0 Å². The first-order chi connectivity index (χ1) is 8.15. The van der Waals surface area contributed by atoms with Crippen molar-refractivity contribution in [1.82, 2.24) is 0 Å². The highest BCUT2D eigenvalue weighted by Crippen LogP contribution is 2.35. The molecule has 1 aromatic rings. The highest BCUT2D eigenvalue weighted by molar-refractivity contribution is 5.67. The van der Waals surface area contributed by atoms with Gasteiger partial charge in [-0.2, -0.15) is 5.26 Å². The zero-order valence-corrected chi connectivity index (χ0v) is 9.58. The summed E-state index contributed by atoms with van der Waals surface area (Å²) in [6.45, 7) is 9.48. The molecule has 3 heteroatoms. The van der Waals surface area contributed by atoms with Crippen LogP contribution in [0.1, 0.15) is 12.5 Å². The molecular weight excluding hydrogens is 212 g/mol. The normalized spacial score (nSPS) is 12.9. The topological polar surface area (TPSA) is 45.0 Å². The fraction of sp³-hybridized carbons (Fsp3) is 0.0714. The molecule has 0 saturated heterocycles. The van der Waals surface area contributed by atoms with E-state index in [1.54, 1.807) is 18.2 Å². The lowest BCUT2D eigenvalue weighted by Crippen LogP contribution is -2.14. The SMILES string of the molecule is C=CC1=C(C(=C)C)Nc2ccc(C#N)cc2O1. The lowest BCUT2D eigenvalue weighted by atomic mass is 10.1. The first kappa shape index (κ1) is 11.0. The zero-order chi connectivity index (χ0) is 12.4. The Bertz CT molecular complexity index is 576. The second-order valence-electron chi connectivity index (χ2n) is 3.77. The largest absolute Gasteiger partial charge is 0.453 e. The van der Waals surface area contributed by atoms with Gasteiger partial charge in [0.15, 0.2) is 11.5 Å². The molecule has 1 aliphatic heterocycles. The van der Waals surface area contributed by atoms with E-state index in [1.165, 1.54) is 0 Å². The number of ether oxygens (including phenoxy) is 1. The van der Waals surface area contributed by atoms with Gasteiger partial charge >= 0.3 is 0 Å². The van der Waals surface area contributed by atoms with Crippen LogP contribution in [0.5, 0.6) is 5.75 Å². The van der Waals surface area contributed by atoms with Gasteiger partial charge in [0.25, 0.3) is 0 Å². The van der Waals surface area contributed by atoms with Gasteiger partial charge in [-0.05, 0) is 30.7 Å². The second kappa shape index (κ2) is 4.18. The van der Waals surface area contributed by atoms with Gasteiger partial charge in [0, 0.05) is 6.07 Å². The molecule has 17 heavy (non-hydrogen) atoms. The molecule has 1 aromatic carbocycles. The summed E-state index contributed by atoms with van der Waals surface area (Å²) in [7, 11) is 0. The summed E-state index contributed by atoms with van der Waals surface area (Å²) in [6, 6.07) is 7.33. The van der Waals surface area contributed by atoms with Crippen molar-refractivity contribution in [3.05, 3.63) is 60.0 Å². The molecule has 0 fully saturated rings. The van der Waals surface area contributed by atoms with Crippen molar-refractivity contribution in [2.24, 2.45) is 0 Å². The number of hydrogen-bond donors (Lipinski definition) is 1. The second-order valence-corrected chi connectivity index (χ2v) is 3.77. The Hall–Kier alpha value is -2.47. The standard InChI is InChI=1S/C14H12N2O/c1-4-12-14(9(2)3)16-11-6-5-10(8-15)7-13(11)17-12/h4-7,16H,1-2H2,3H3. The molecule has 0 radical (unpaired) electrons. The maximum Gasteiger partial charge on any atom is 0.152 e. The number of anilines is 1. The molecular formula is C14H12N2O. The average Bonchev–Trinajstić information content (AvgIpc) is 2.36. The highest BCUT2D eigenvalue weighted by Gasteiger charge is 2.18. The summed E-state index contributed by atoms with van der Waals surface area (Å²) >= 11 is 0. The lowest BCUT2D eigenvalue weighted by molar-refractivity contribution is 0.435. The number of benzene rings is 1. The molecule has 1 heterocycles. The smallest absolute Gasteiger partial charge is 0.152 e. The Kier molecular flexibility index (Phi) is 2.71. The Morgan fingerprint density at radius 1 is 1.53 bits per heavy atom. The zero-order valence-electron chi connectivity index (χ0n) is 9.58. The van der Waals surface area contributed by atoms with Crippen LogP contribution in [0, 0.1) is 11.3 Å². The van der Waals surface area contributed by atoms with Crippen LogP contribution in [0.25, 0.3) is 0 Å². The first-order valence-corrected chi connectivity index (χ1v) is 5.17. The monoisotopic (exact) mass is 224 g/mol. The minimum absolute atomic E-state index is 0.563. The minimum Gasteiger partial charge on any atom is -0.453 e. The highest BCUT2D eigenvalue weighted by atomic mass is 16.5. The molecule has 1 N–H and O–H groups in total. The molecule has 1 aliphatic rings. The fourth-order valence-electron chi connectivity index (χ4n) is 1.61. The van der Waals surface area contributed by atoms with Crippen LogP contribution in [0.4, 0.5) is 5.69 Å². The van der Waals surface area contributed by atoms with Crippen LogP contribution in [0.2, 0.25) is 0 Å². The van der Waals surface area contributed by atoms with Gasteiger partial charge < -0.3 is 10.1 Å². The summed E-state index contributed by atoms with van der Waals surface area (Å²) in [6.07, 6.45) is 1.62. The molecule has 3 nitrogen and oxygen atoms in total. The molecule has 0 aliphatic carbocycles. The van der Waals surface area contributed by atoms with Crippen molar-refractivity contribution >= 4 is 5.69 Å². The number of nitrogens with zero attached hydrogens (tertiary/aromatic N) is 1. The van der Waals surface area contributed by atoms with Gasteiger partial charge in [-0.25, -0.2) is 0 Å². The third kappa shape index (κ3) is 1.93. The van der Waals surface area contributed by atoms with E-state index in [-0.39, 0.29) is 0 Å². The third-order valence-corrected chi connectivity index (χ3v) is 2.45. The molecule has 84 valence electrons. The van der Waals surface area contributed by atoms with Gasteiger partial charge in [0.05, 0.1) is 23.0 Å². The van der Waals surface area contributed by atoms with Crippen molar-refractivity contribution in [3.63, 3.8) is 0 Å². The van der Waals surface area contributed by atoms with E-state index in [2.05, 4.69) is 24.5 Å². The van der Waals surface area contributed by atoms with Gasteiger partial charge in [-0.1, -0.05) is 13.2 Å².